The Hall–Kier alpha value is -2.16. The van der Waals surface area contributed by atoms with Crippen LogP contribution in [-0.4, -0.2) is 61.6 Å². The fourth-order valence-electron chi connectivity index (χ4n) is 2.82. The van der Waals surface area contributed by atoms with Gasteiger partial charge in [0.25, 0.3) is 5.60 Å². The summed E-state index contributed by atoms with van der Waals surface area (Å²) in [6.07, 6.45) is 0.113. The molecule has 0 radical (unpaired) electrons. The molecule has 0 fully saturated rings. The smallest absolute Gasteiger partial charge is 0.355 e. The highest BCUT2D eigenvalue weighted by Crippen LogP contribution is 2.28. The predicted octanol–water partition coefficient (Wildman–Crippen LogP) is 1.58. The maximum Gasteiger partial charge on any atom is 0.355 e. The number of oxime groups is 1. The zero-order valence-electron chi connectivity index (χ0n) is 17.8. The van der Waals surface area contributed by atoms with Gasteiger partial charge in [-0.1, -0.05) is 19.0 Å². The van der Waals surface area contributed by atoms with Crippen molar-refractivity contribution in [1.82, 2.24) is 5.32 Å². The first-order valence-electron chi connectivity index (χ1n) is 9.27. The molecule has 1 rings (SSSR count). The van der Waals surface area contributed by atoms with Gasteiger partial charge in [0, 0.05) is 20.0 Å². The lowest BCUT2D eigenvalue weighted by Crippen LogP contribution is -2.48. The number of methoxy groups -OCH3 is 2. The topological polar surface area (TPSA) is 113 Å². The molecule has 0 aromatic rings. The Morgan fingerprint density at radius 3 is 2.36 bits per heavy atom. The van der Waals surface area contributed by atoms with Gasteiger partial charge in [-0.25, -0.2) is 4.79 Å². The van der Waals surface area contributed by atoms with Crippen LogP contribution in [-0.2, 0) is 33.4 Å². The molecule has 0 aromatic carbocycles. The second kappa shape index (κ2) is 9.86. The molecule has 1 amide bonds. The molecule has 1 aliphatic heterocycles. The minimum absolute atomic E-state index is 0.00745. The fourth-order valence-corrected chi connectivity index (χ4v) is 2.82. The van der Waals surface area contributed by atoms with Crippen molar-refractivity contribution < 1.29 is 33.4 Å². The maximum atomic E-state index is 12.3. The molecule has 0 saturated carbocycles. The molecular weight excluding hydrogens is 368 g/mol. The molecule has 28 heavy (non-hydrogen) atoms. The Labute approximate surface area is 166 Å². The first-order valence-corrected chi connectivity index (χ1v) is 9.27. The van der Waals surface area contributed by atoms with Crippen molar-refractivity contribution in [2.75, 3.05) is 20.8 Å². The summed E-state index contributed by atoms with van der Waals surface area (Å²) < 4.78 is 15.1. The number of carbonyl (C=O) groups is 3. The molecule has 0 aliphatic carbocycles. The molecule has 160 valence electrons. The number of rotatable bonds is 9. The van der Waals surface area contributed by atoms with Gasteiger partial charge in [0.2, 0.25) is 5.91 Å². The molecule has 1 N–H and O–H groups in total. The average Bonchev–Trinajstić information content (AvgIpc) is 3.00. The summed E-state index contributed by atoms with van der Waals surface area (Å²) in [7, 11) is 2.71. The number of esters is 2. The van der Waals surface area contributed by atoms with Crippen molar-refractivity contribution in [2.45, 2.75) is 71.1 Å². The van der Waals surface area contributed by atoms with Gasteiger partial charge >= 0.3 is 11.9 Å². The van der Waals surface area contributed by atoms with E-state index in [1.807, 2.05) is 13.8 Å². The molecule has 2 atom stereocenters. The highest BCUT2D eigenvalue weighted by molar-refractivity contribution is 5.99. The molecule has 1 heterocycles. The van der Waals surface area contributed by atoms with Crippen molar-refractivity contribution in [2.24, 2.45) is 11.1 Å². The van der Waals surface area contributed by atoms with Crippen LogP contribution in [0.2, 0.25) is 0 Å². The first kappa shape index (κ1) is 23.9. The quantitative estimate of drug-likeness (QED) is 0.585. The van der Waals surface area contributed by atoms with Crippen LogP contribution in [0.5, 0.6) is 0 Å². The van der Waals surface area contributed by atoms with Crippen molar-refractivity contribution in [1.29, 1.82) is 0 Å². The van der Waals surface area contributed by atoms with Crippen LogP contribution in [0.1, 0.15) is 53.9 Å². The van der Waals surface area contributed by atoms with E-state index in [1.54, 1.807) is 20.8 Å². The number of nitrogens with one attached hydrogen (secondary N) is 1. The molecule has 1 aliphatic rings. The summed E-state index contributed by atoms with van der Waals surface area (Å²) in [5.41, 5.74) is -1.43. The third-order valence-electron chi connectivity index (χ3n) is 4.06. The molecule has 1 unspecified atom stereocenters. The van der Waals surface area contributed by atoms with Gasteiger partial charge in [-0.15, -0.1) is 0 Å². The third-order valence-corrected chi connectivity index (χ3v) is 4.06. The van der Waals surface area contributed by atoms with E-state index in [0.717, 1.165) is 0 Å². The fraction of sp³-hybridized carbons (Fsp3) is 0.789. The molecule has 0 spiro atoms. The monoisotopic (exact) mass is 400 g/mol. The minimum Gasteiger partial charge on any atom is -0.466 e. The van der Waals surface area contributed by atoms with E-state index in [4.69, 9.17) is 19.0 Å². The van der Waals surface area contributed by atoms with Crippen LogP contribution in [0.15, 0.2) is 5.16 Å². The molecule has 9 nitrogen and oxygen atoms in total. The van der Waals surface area contributed by atoms with Crippen LogP contribution < -0.4 is 5.32 Å². The van der Waals surface area contributed by atoms with Crippen molar-refractivity contribution in [3.8, 4) is 0 Å². The molecule has 0 saturated heterocycles. The van der Waals surface area contributed by atoms with Crippen LogP contribution in [0, 0.1) is 5.92 Å². The summed E-state index contributed by atoms with van der Waals surface area (Å²) in [5, 5.41) is 6.89. The second-order valence-electron chi connectivity index (χ2n) is 8.15. The van der Waals surface area contributed by atoms with Crippen molar-refractivity contribution >= 4 is 23.6 Å². The van der Waals surface area contributed by atoms with Crippen molar-refractivity contribution in [3.63, 3.8) is 0 Å². The van der Waals surface area contributed by atoms with Gasteiger partial charge in [0.15, 0.2) is 0 Å². The van der Waals surface area contributed by atoms with Crippen molar-refractivity contribution in [3.05, 3.63) is 0 Å². The average molecular weight is 400 g/mol. The van der Waals surface area contributed by atoms with E-state index in [-0.39, 0.29) is 37.7 Å². The zero-order chi connectivity index (χ0) is 21.5. The zero-order valence-corrected chi connectivity index (χ0v) is 17.8. The number of hydrogen-bond acceptors (Lipinski definition) is 8. The van der Waals surface area contributed by atoms with Gasteiger partial charge in [-0.3, -0.25) is 9.59 Å². The number of hydrogen-bond donors (Lipinski definition) is 1. The summed E-state index contributed by atoms with van der Waals surface area (Å²) in [5.74, 6) is -1.35. The van der Waals surface area contributed by atoms with E-state index >= 15 is 0 Å². The minimum atomic E-state index is -1.35. The summed E-state index contributed by atoms with van der Waals surface area (Å²) in [6, 6.07) is -0.450. The maximum absolute atomic E-state index is 12.3. The van der Waals surface area contributed by atoms with E-state index in [9.17, 15) is 14.4 Å². The second-order valence-corrected chi connectivity index (χ2v) is 8.15. The summed E-state index contributed by atoms with van der Waals surface area (Å²) in [4.78, 5) is 41.6. The lowest BCUT2D eigenvalue weighted by Gasteiger charge is -2.25. The normalized spacial score (nSPS) is 20.2. The highest BCUT2D eigenvalue weighted by Gasteiger charge is 2.50. The molecule has 0 aromatic heterocycles. The third kappa shape index (κ3) is 6.78. The van der Waals surface area contributed by atoms with Crippen LogP contribution in [0.3, 0.4) is 0 Å². The van der Waals surface area contributed by atoms with E-state index in [1.165, 1.54) is 14.2 Å². The first-order chi connectivity index (χ1) is 12.9. The lowest BCUT2D eigenvalue weighted by molar-refractivity contribution is -0.172. The van der Waals surface area contributed by atoms with Gasteiger partial charge in [-0.05, 0) is 26.7 Å². The molecule has 0 bridgehead atoms. The largest absolute Gasteiger partial charge is 0.466 e. The van der Waals surface area contributed by atoms with Gasteiger partial charge in [-0.2, -0.15) is 0 Å². The molecular formula is C19H32N2O7. The Bertz CT molecular complexity index is 610. The number of ether oxygens (including phenoxy) is 3. The Morgan fingerprint density at radius 1 is 1.21 bits per heavy atom. The van der Waals surface area contributed by atoms with Gasteiger partial charge in [0.05, 0.1) is 25.3 Å². The Balaban J connectivity index is 2.72. The molecule has 9 heteroatoms. The van der Waals surface area contributed by atoms with Crippen LogP contribution in [0.4, 0.5) is 0 Å². The summed E-state index contributed by atoms with van der Waals surface area (Å²) in [6.45, 7) is 9.11. The van der Waals surface area contributed by atoms with Crippen LogP contribution >= 0.6 is 0 Å². The summed E-state index contributed by atoms with van der Waals surface area (Å²) >= 11 is 0. The SMILES string of the molecule is COCC1(C(=O)OC)CC([C@@H](NC(=O)CCC(=O)OC(C)(C)C)C(C)C)=NO1. The highest BCUT2D eigenvalue weighted by atomic mass is 16.7. The van der Waals surface area contributed by atoms with Gasteiger partial charge in [0.1, 0.15) is 12.2 Å². The number of carbonyl (C=O) groups excluding carboxylic acids is 3. The Morgan fingerprint density at radius 2 is 1.86 bits per heavy atom. The number of amides is 1. The van der Waals surface area contributed by atoms with E-state index in [2.05, 4.69) is 10.5 Å². The van der Waals surface area contributed by atoms with E-state index in [0.29, 0.717) is 5.71 Å². The van der Waals surface area contributed by atoms with Gasteiger partial charge < -0.3 is 24.4 Å². The van der Waals surface area contributed by atoms with Crippen LogP contribution in [0.25, 0.3) is 0 Å². The number of nitrogens with zero attached hydrogens (tertiary/aromatic N) is 1. The predicted molar refractivity (Wildman–Crippen MR) is 102 cm³/mol. The standard InChI is InChI=1S/C19H32N2O7/c1-12(2)16(20-14(22)8-9-15(23)27-18(3,4)5)13-10-19(11-25-6,28-21-13)17(24)26-7/h12,16H,8-11H2,1-7H3,(H,20,22)/t16-,19?/m0/s1. The lowest BCUT2D eigenvalue weighted by atomic mass is 9.90. The Kier molecular flexibility index (Phi) is 8.41. The van der Waals surface area contributed by atoms with E-state index < -0.39 is 29.2 Å².